The second-order valence-corrected chi connectivity index (χ2v) is 7.67. The number of rotatable bonds is 3. The van der Waals surface area contributed by atoms with E-state index in [1.165, 1.54) is 30.6 Å². The van der Waals surface area contributed by atoms with Crippen LogP contribution in [0.25, 0.3) is 10.2 Å². The van der Waals surface area contributed by atoms with Gasteiger partial charge in [0, 0.05) is 5.02 Å². The second-order valence-electron chi connectivity index (χ2n) is 4.98. The third-order valence-corrected chi connectivity index (χ3v) is 5.22. The molecule has 1 amide bonds. The van der Waals surface area contributed by atoms with Crippen LogP contribution in [0.2, 0.25) is 15.1 Å². The molecular formula is C16H10Cl3N3O2S2. The third-order valence-electron chi connectivity index (χ3n) is 3.27. The lowest BCUT2D eigenvalue weighted by molar-refractivity contribution is 0.0975. The van der Waals surface area contributed by atoms with Crippen LogP contribution in [0.3, 0.4) is 0 Å². The number of benzene rings is 2. The summed E-state index contributed by atoms with van der Waals surface area (Å²) in [6.07, 6.45) is 0. The zero-order valence-corrected chi connectivity index (χ0v) is 17.0. The molecule has 0 bridgehead atoms. The van der Waals surface area contributed by atoms with Crippen molar-refractivity contribution in [1.82, 2.24) is 10.3 Å². The van der Waals surface area contributed by atoms with Crippen molar-refractivity contribution in [1.29, 1.82) is 0 Å². The van der Waals surface area contributed by atoms with Gasteiger partial charge in [0.15, 0.2) is 10.2 Å². The molecule has 3 aromatic rings. The monoisotopic (exact) mass is 445 g/mol. The Morgan fingerprint density at radius 3 is 2.69 bits per heavy atom. The lowest BCUT2D eigenvalue weighted by Crippen LogP contribution is -2.34. The Kier molecular flexibility index (Phi) is 5.84. The number of para-hydroxylation sites is 1. The summed E-state index contributed by atoms with van der Waals surface area (Å²) in [5.74, 6) is -0.300. The van der Waals surface area contributed by atoms with Crippen LogP contribution in [0.5, 0.6) is 5.75 Å². The number of hydrogen-bond donors (Lipinski definition) is 2. The molecule has 0 aliphatic carbocycles. The number of halogens is 3. The van der Waals surface area contributed by atoms with Crippen molar-refractivity contribution in [2.45, 2.75) is 0 Å². The predicted molar refractivity (Wildman–Crippen MR) is 111 cm³/mol. The van der Waals surface area contributed by atoms with Gasteiger partial charge in [-0.1, -0.05) is 52.2 Å². The fourth-order valence-electron chi connectivity index (χ4n) is 2.20. The van der Waals surface area contributed by atoms with Crippen molar-refractivity contribution in [3.05, 3.63) is 51.0 Å². The number of carbonyl (C=O) groups is 1. The quantitative estimate of drug-likeness (QED) is 0.528. The number of amides is 1. The van der Waals surface area contributed by atoms with Gasteiger partial charge in [-0.2, -0.15) is 0 Å². The Morgan fingerprint density at radius 1 is 1.23 bits per heavy atom. The van der Waals surface area contributed by atoms with Crippen LogP contribution in [0.15, 0.2) is 30.3 Å². The molecule has 0 spiro atoms. The SMILES string of the molecule is COc1c(Cl)cc(Cl)cc1C(=O)NC(=S)Nc1nc2c(Cl)cccc2s1. The summed E-state index contributed by atoms with van der Waals surface area (Å²) in [6.45, 7) is 0. The van der Waals surface area contributed by atoms with Crippen molar-refractivity contribution >= 4 is 84.7 Å². The summed E-state index contributed by atoms with van der Waals surface area (Å²) in [5, 5.41) is 7.07. The van der Waals surface area contributed by atoms with Gasteiger partial charge >= 0.3 is 0 Å². The van der Waals surface area contributed by atoms with E-state index in [-0.39, 0.29) is 21.4 Å². The third kappa shape index (κ3) is 4.02. The van der Waals surface area contributed by atoms with Crippen LogP contribution < -0.4 is 15.4 Å². The number of methoxy groups -OCH3 is 1. The molecule has 0 aliphatic heterocycles. The van der Waals surface area contributed by atoms with Gasteiger partial charge in [-0.05, 0) is 36.5 Å². The topological polar surface area (TPSA) is 63.2 Å². The molecule has 134 valence electrons. The minimum absolute atomic E-state index is 0.0725. The largest absolute Gasteiger partial charge is 0.494 e. The van der Waals surface area contributed by atoms with E-state index in [4.69, 9.17) is 51.8 Å². The highest BCUT2D eigenvalue weighted by Gasteiger charge is 2.18. The maximum atomic E-state index is 12.5. The molecule has 0 saturated carbocycles. The number of aromatic nitrogens is 1. The highest BCUT2D eigenvalue weighted by atomic mass is 35.5. The summed E-state index contributed by atoms with van der Waals surface area (Å²) >= 11 is 24.7. The summed E-state index contributed by atoms with van der Waals surface area (Å²) in [5.41, 5.74) is 0.834. The van der Waals surface area contributed by atoms with Crippen molar-refractivity contribution < 1.29 is 9.53 Å². The zero-order chi connectivity index (χ0) is 18.8. The molecule has 0 aliphatic rings. The van der Waals surface area contributed by atoms with E-state index in [1.807, 2.05) is 12.1 Å². The highest BCUT2D eigenvalue weighted by Crippen LogP contribution is 2.32. The molecule has 0 saturated heterocycles. The Labute approximate surface area is 173 Å². The van der Waals surface area contributed by atoms with Crippen LogP contribution in [0, 0.1) is 0 Å². The van der Waals surface area contributed by atoms with Gasteiger partial charge in [-0.15, -0.1) is 0 Å². The number of thiazole rings is 1. The number of ether oxygens (including phenoxy) is 1. The summed E-state index contributed by atoms with van der Waals surface area (Å²) in [7, 11) is 1.41. The molecule has 0 atom stereocenters. The molecule has 5 nitrogen and oxygen atoms in total. The molecule has 10 heteroatoms. The predicted octanol–water partition coefficient (Wildman–Crippen LogP) is 5.39. The number of thiocarbonyl (C=S) groups is 1. The Balaban J connectivity index is 1.77. The number of nitrogens with one attached hydrogen (secondary N) is 2. The number of carbonyl (C=O) groups excluding carboxylic acids is 1. The lowest BCUT2D eigenvalue weighted by Gasteiger charge is -2.12. The summed E-state index contributed by atoms with van der Waals surface area (Å²) in [4.78, 5) is 16.8. The standard InChI is InChI=1S/C16H10Cl3N3O2S2/c1-24-13-8(5-7(17)6-10(13)19)14(23)21-15(25)22-16-20-12-9(18)3-2-4-11(12)26-16/h2-6H,1H3,(H2,20,21,22,23,25). The molecule has 0 radical (unpaired) electrons. The molecule has 2 N–H and O–H groups in total. The van der Waals surface area contributed by atoms with E-state index in [2.05, 4.69) is 15.6 Å². The first-order valence-corrected chi connectivity index (χ1v) is 9.45. The number of hydrogen-bond acceptors (Lipinski definition) is 5. The number of fused-ring (bicyclic) bond motifs is 1. The lowest BCUT2D eigenvalue weighted by atomic mass is 10.2. The Morgan fingerprint density at radius 2 is 2.00 bits per heavy atom. The summed E-state index contributed by atoms with van der Waals surface area (Å²) < 4.78 is 6.07. The van der Waals surface area contributed by atoms with E-state index < -0.39 is 5.91 Å². The first kappa shape index (κ1) is 19.1. The van der Waals surface area contributed by atoms with Gasteiger partial charge in [-0.3, -0.25) is 10.1 Å². The summed E-state index contributed by atoms with van der Waals surface area (Å²) in [6, 6.07) is 8.41. The van der Waals surface area contributed by atoms with Crippen LogP contribution in [-0.4, -0.2) is 23.1 Å². The smallest absolute Gasteiger partial charge is 0.261 e. The fourth-order valence-corrected chi connectivity index (χ4v) is 4.20. The van der Waals surface area contributed by atoms with Crippen LogP contribution in [0.1, 0.15) is 10.4 Å². The van der Waals surface area contributed by atoms with Crippen molar-refractivity contribution in [2.75, 3.05) is 12.4 Å². The molecule has 1 heterocycles. The first-order valence-electron chi connectivity index (χ1n) is 7.09. The molecule has 0 fully saturated rings. The molecule has 3 rings (SSSR count). The Bertz CT molecular complexity index is 1020. The zero-order valence-electron chi connectivity index (χ0n) is 13.1. The average Bonchev–Trinajstić information content (AvgIpc) is 2.97. The molecule has 0 unspecified atom stereocenters. The molecule has 2 aromatic carbocycles. The number of nitrogens with zero attached hydrogens (tertiary/aromatic N) is 1. The van der Waals surface area contributed by atoms with Crippen molar-refractivity contribution in [3.8, 4) is 5.75 Å². The fraction of sp³-hybridized carbons (Fsp3) is 0.0625. The van der Waals surface area contributed by atoms with Gasteiger partial charge in [-0.25, -0.2) is 4.98 Å². The van der Waals surface area contributed by atoms with Crippen molar-refractivity contribution in [2.24, 2.45) is 0 Å². The van der Waals surface area contributed by atoms with Gasteiger partial charge in [0.2, 0.25) is 0 Å². The maximum Gasteiger partial charge on any atom is 0.261 e. The van der Waals surface area contributed by atoms with E-state index in [1.54, 1.807) is 6.07 Å². The highest BCUT2D eigenvalue weighted by molar-refractivity contribution is 7.80. The van der Waals surface area contributed by atoms with Gasteiger partial charge < -0.3 is 10.1 Å². The van der Waals surface area contributed by atoms with E-state index in [0.717, 1.165) is 4.70 Å². The minimum Gasteiger partial charge on any atom is -0.494 e. The second kappa shape index (κ2) is 7.94. The molecular weight excluding hydrogens is 437 g/mol. The van der Waals surface area contributed by atoms with Crippen LogP contribution in [-0.2, 0) is 0 Å². The molecule has 1 aromatic heterocycles. The van der Waals surface area contributed by atoms with E-state index >= 15 is 0 Å². The average molecular weight is 447 g/mol. The Hall–Kier alpha value is -1.64. The normalized spacial score (nSPS) is 10.6. The van der Waals surface area contributed by atoms with Gasteiger partial charge in [0.05, 0.1) is 27.4 Å². The maximum absolute atomic E-state index is 12.5. The van der Waals surface area contributed by atoms with E-state index in [9.17, 15) is 4.79 Å². The molecule has 26 heavy (non-hydrogen) atoms. The van der Waals surface area contributed by atoms with Crippen LogP contribution in [0.4, 0.5) is 5.13 Å². The minimum atomic E-state index is -0.511. The van der Waals surface area contributed by atoms with Gasteiger partial charge in [0.1, 0.15) is 11.3 Å². The number of anilines is 1. The van der Waals surface area contributed by atoms with Crippen molar-refractivity contribution in [3.63, 3.8) is 0 Å². The first-order chi connectivity index (χ1) is 12.4. The van der Waals surface area contributed by atoms with Crippen LogP contribution >= 0.6 is 58.4 Å². The van der Waals surface area contributed by atoms with Gasteiger partial charge in [0.25, 0.3) is 5.91 Å². The van der Waals surface area contributed by atoms with E-state index in [0.29, 0.717) is 20.7 Å².